The SMILES string of the molecule is CC.FC(F)OC[C@@H]1NCC1(F)F. The zero-order valence-electron chi connectivity index (χ0n) is 7.49. The van der Waals surface area contributed by atoms with Gasteiger partial charge in [-0.25, -0.2) is 8.78 Å². The maximum atomic E-state index is 12.3. The van der Waals surface area contributed by atoms with Crippen LogP contribution in [-0.2, 0) is 4.74 Å². The molecule has 1 aliphatic rings. The molecule has 0 amide bonds. The number of nitrogens with one attached hydrogen (secondary N) is 1. The Labute approximate surface area is 74.3 Å². The fourth-order valence-electron chi connectivity index (χ4n) is 0.751. The minimum atomic E-state index is -2.98. The number of halogens is 4. The molecule has 1 aliphatic heterocycles. The fourth-order valence-corrected chi connectivity index (χ4v) is 0.751. The molecule has 0 aromatic heterocycles. The molecule has 0 radical (unpaired) electrons. The van der Waals surface area contributed by atoms with Gasteiger partial charge in [0.1, 0.15) is 0 Å². The number of rotatable bonds is 3. The van der Waals surface area contributed by atoms with Crippen molar-refractivity contribution in [1.29, 1.82) is 0 Å². The summed E-state index contributed by atoms with van der Waals surface area (Å²) in [5.74, 6) is -2.89. The van der Waals surface area contributed by atoms with E-state index in [4.69, 9.17) is 0 Å². The first-order valence-electron chi connectivity index (χ1n) is 4.03. The summed E-state index contributed by atoms with van der Waals surface area (Å²) in [5.41, 5.74) is 0. The van der Waals surface area contributed by atoms with E-state index >= 15 is 0 Å². The molecule has 0 aromatic carbocycles. The second kappa shape index (κ2) is 5.39. The average molecular weight is 203 g/mol. The van der Waals surface area contributed by atoms with Crippen molar-refractivity contribution in [2.24, 2.45) is 0 Å². The Morgan fingerprint density at radius 3 is 2.23 bits per heavy atom. The third-order valence-electron chi connectivity index (χ3n) is 1.48. The topological polar surface area (TPSA) is 21.3 Å². The van der Waals surface area contributed by atoms with E-state index in [1.165, 1.54) is 0 Å². The van der Waals surface area contributed by atoms with Crippen LogP contribution in [0.25, 0.3) is 0 Å². The summed E-state index contributed by atoms with van der Waals surface area (Å²) < 4.78 is 50.9. The molecule has 1 fully saturated rings. The summed E-state index contributed by atoms with van der Waals surface area (Å²) in [6.45, 7) is -0.0808. The van der Waals surface area contributed by atoms with Crippen molar-refractivity contribution in [3.63, 3.8) is 0 Å². The van der Waals surface area contributed by atoms with E-state index in [0.29, 0.717) is 0 Å². The minimum absolute atomic E-state index is 0.454. The van der Waals surface area contributed by atoms with Gasteiger partial charge in [-0.3, -0.25) is 0 Å². The minimum Gasteiger partial charge on any atom is -0.321 e. The van der Waals surface area contributed by atoms with E-state index in [1.54, 1.807) is 0 Å². The molecular weight excluding hydrogens is 190 g/mol. The molecule has 1 rings (SSSR count). The predicted octanol–water partition coefficient (Wildman–Crippen LogP) is 1.86. The Morgan fingerprint density at radius 1 is 1.46 bits per heavy atom. The van der Waals surface area contributed by atoms with Crippen LogP contribution in [0.3, 0.4) is 0 Å². The predicted molar refractivity (Wildman–Crippen MR) is 40.0 cm³/mol. The van der Waals surface area contributed by atoms with Gasteiger partial charge in [-0.1, -0.05) is 13.8 Å². The van der Waals surface area contributed by atoms with E-state index in [0.717, 1.165) is 0 Å². The first-order chi connectivity index (χ1) is 6.02. The third-order valence-corrected chi connectivity index (χ3v) is 1.48. The zero-order chi connectivity index (χ0) is 10.5. The van der Waals surface area contributed by atoms with Crippen molar-refractivity contribution in [3.8, 4) is 0 Å². The second-order valence-corrected chi connectivity index (χ2v) is 2.29. The molecule has 2 nitrogen and oxygen atoms in total. The van der Waals surface area contributed by atoms with Crippen molar-refractivity contribution >= 4 is 0 Å². The smallest absolute Gasteiger partial charge is 0.321 e. The van der Waals surface area contributed by atoms with Gasteiger partial charge in [0.25, 0.3) is 5.92 Å². The Kier molecular flexibility index (Phi) is 5.24. The molecule has 1 N–H and O–H groups in total. The van der Waals surface area contributed by atoms with Gasteiger partial charge in [-0.15, -0.1) is 0 Å². The molecule has 1 atom stereocenters. The molecule has 0 unspecified atom stereocenters. The van der Waals surface area contributed by atoms with Gasteiger partial charge in [0, 0.05) is 0 Å². The third kappa shape index (κ3) is 3.91. The Balaban J connectivity index is 0.000000671. The van der Waals surface area contributed by atoms with Crippen LogP contribution in [0.15, 0.2) is 0 Å². The molecule has 0 saturated carbocycles. The van der Waals surface area contributed by atoms with Gasteiger partial charge in [0.05, 0.1) is 19.2 Å². The van der Waals surface area contributed by atoms with E-state index < -0.39 is 31.7 Å². The number of alkyl halides is 4. The van der Waals surface area contributed by atoms with Crippen LogP contribution >= 0.6 is 0 Å². The molecule has 13 heavy (non-hydrogen) atoms. The second-order valence-electron chi connectivity index (χ2n) is 2.29. The van der Waals surface area contributed by atoms with Crippen molar-refractivity contribution in [1.82, 2.24) is 5.32 Å². The Hall–Kier alpha value is -0.360. The molecule has 1 saturated heterocycles. The lowest BCUT2D eigenvalue weighted by molar-refractivity contribution is -0.176. The highest BCUT2D eigenvalue weighted by Crippen LogP contribution is 2.25. The van der Waals surface area contributed by atoms with Crippen LogP contribution in [0.4, 0.5) is 17.6 Å². The van der Waals surface area contributed by atoms with Crippen molar-refractivity contribution in [2.45, 2.75) is 32.4 Å². The van der Waals surface area contributed by atoms with Crippen LogP contribution in [0.2, 0.25) is 0 Å². The van der Waals surface area contributed by atoms with Gasteiger partial charge in [-0.2, -0.15) is 8.78 Å². The largest absolute Gasteiger partial charge is 0.345 e. The maximum Gasteiger partial charge on any atom is 0.345 e. The molecule has 6 heteroatoms. The normalized spacial score (nSPS) is 24.7. The number of ether oxygens (including phenoxy) is 1. The van der Waals surface area contributed by atoms with Crippen LogP contribution in [0, 0.1) is 0 Å². The van der Waals surface area contributed by atoms with Gasteiger partial charge in [-0.05, 0) is 0 Å². The molecule has 0 aliphatic carbocycles. The summed E-state index contributed by atoms with van der Waals surface area (Å²) in [5, 5.41) is 2.28. The Bertz CT molecular complexity index is 142. The van der Waals surface area contributed by atoms with Crippen LogP contribution in [-0.4, -0.2) is 31.7 Å². The van der Waals surface area contributed by atoms with Crippen LogP contribution in [0.5, 0.6) is 0 Å². The van der Waals surface area contributed by atoms with Crippen molar-refractivity contribution in [3.05, 3.63) is 0 Å². The van der Waals surface area contributed by atoms with Crippen molar-refractivity contribution < 1.29 is 22.3 Å². The highest BCUT2D eigenvalue weighted by Gasteiger charge is 2.48. The van der Waals surface area contributed by atoms with E-state index in [1.807, 2.05) is 13.8 Å². The monoisotopic (exact) mass is 203 g/mol. The highest BCUT2D eigenvalue weighted by molar-refractivity contribution is 4.95. The average Bonchev–Trinajstić information content (AvgIpc) is 2.06. The summed E-state index contributed by atoms with van der Waals surface area (Å²) in [7, 11) is 0. The quantitative estimate of drug-likeness (QED) is 0.707. The molecule has 0 aromatic rings. The summed E-state index contributed by atoms with van der Waals surface area (Å²) in [6.07, 6.45) is 0. The molecule has 0 spiro atoms. The van der Waals surface area contributed by atoms with Gasteiger partial charge >= 0.3 is 6.61 Å². The molecule has 0 bridgehead atoms. The maximum absolute atomic E-state index is 12.3. The summed E-state index contributed by atoms with van der Waals surface area (Å²) in [4.78, 5) is 0. The van der Waals surface area contributed by atoms with Gasteiger partial charge in [0.15, 0.2) is 0 Å². The molecular formula is C7H13F4NO. The number of hydrogen-bond donors (Lipinski definition) is 1. The number of hydrogen-bond acceptors (Lipinski definition) is 2. The fraction of sp³-hybridized carbons (Fsp3) is 1.00. The molecule has 1 heterocycles. The highest BCUT2D eigenvalue weighted by atomic mass is 19.3. The van der Waals surface area contributed by atoms with Crippen LogP contribution in [0.1, 0.15) is 13.8 Å². The lowest BCUT2D eigenvalue weighted by Gasteiger charge is -2.37. The first-order valence-corrected chi connectivity index (χ1v) is 4.03. The van der Waals surface area contributed by atoms with Gasteiger partial charge < -0.3 is 10.1 Å². The molecule has 80 valence electrons. The van der Waals surface area contributed by atoms with E-state index in [2.05, 4.69) is 10.1 Å². The summed E-state index contributed by atoms with van der Waals surface area (Å²) in [6, 6.07) is -1.25. The van der Waals surface area contributed by atoms with Gasteiger partial charge in [0.2, 0.25) is 0 Å². The standard InChI is InChI=1S/C5H7F4NO.C2H6/c6-4(7)11-1-3-5(8,9)2-10-3;1-2/h3-4,10H,1-2H2;1-2H3/t3-;/m0./s1. The van der Waals surface area contributed by atoms with E-state index in [9.17, 15) is 17.6 Å². The Morgan fingerprint density at radius 2 is 2.00 bits per heavy atom. The van der Waals surface area contributed by atoms with Crippen LogP contribution < -0.4 is 5.32 Å². The van der Waals surface area contributed by atoms with E-state index in [-0.39, 0.29) is 0 Å². The van der Waals surface area contributed by atoms with Crippen molar-refractivity contribution in [2.75, 3.05) is 13.2 Å². The zero-order valence-corrected chi connectivity index (χ0v) is 7.49. The lowest BCUT2D eigenvalue weighted by Crippen LogP contribution is -2.64. The first kappa shape index (κ1) is 12.6. The lowest BCUT2D eigenvalue weighted by atomic mass is 10.0. The summed E-state index contributed by atoms with van der Waals surface area (Å²) >= 11 is 0.